The lowest BCUT2D eigenvalue weighted by Crippen LogP contribution is -2.42. The molecule has 1 aromatic heterocycles. The van der Waals surface area contributed by atoms with Crippen molar-refractivity contribution < 1.29 is 14.3 Å². The van der Waals surface area contributed by atoms with Crippen LogP contribution in [0.4, 0.5) is 0 Å². The van der Waals surface area contributed by atoms with E-state index >= 15 is 0 Å². The van der Waals surface area contributed by atoms with Crippen LogP contribution in [-0.2, 0) is 27.3 Å². The highest BCUT2D eigenvalue weighted by molar-refractivity contribution is 5.78. The molecular weight excluding hydrogens is 296 g/mol. The minimum Gasteiger partial charge on any atom is -0.375 e. The van der Waals surface area contributed by atoms with E-state index in [0.29, 0.717) is 25.4 Å². The van der Waals surface area contributed by atoms with Crippen molar-refractivity contribution in [1.29, 1.82) is 0 Å². The van der Waals surface area contributed by atoms with Crippen LogP contribution in [0.3, 0.4) is 0 Å². The number of rotatable bonds is 6. The average molecular weight is 320 g/mol. The van der Waals surface area contributed by atoms with Gasteiger partial charge >= 0.3 is 0 Å². The first-order chi connectivity index (χ1) is 11.1. The van der Waals surface area contributed by atoms with Gasteiger partial charge in [0.25, 0.3) is 0 Å². The van der Waals surface area contributed by atoms with Crippen molar-refractivity contribution in [1.82, 2.24) is 19.8 Å². The van der Waals surface area contributed by atoms with Crippen molar-refractivity contribution in [2.24, 2.45) is 5.92 Å². The molecule has 3 rings (SSSR count). The molecule has 1 saturated carbocycles. The maximum Gasteiger partial charge on any atom is 0.249 e. The van der Waals surface area contributed by atoms with Crippen LogP contribution in [0, 0.1) is 5.92 Å². The van der Waals surface area contributed by atoms with Gasteiger partial charge in [-0.1, -0.05) is 0 Å². The number of ether oxygens (including phenoxy) is 1. The lowest BCUT2D eigenvalue weighted by atomic mass is 10.2. The number of fused-ring (bicyclic) bond motifs is 1. The molecule has 1 N–H and O–H groups in total. The van der Waals surface area contributed by atoms with E-state index in [-0.39, 0.29) is 24.5 Å². The Kier molecular flexibility index (Phi) is 4.66. The molecule has 126 valence electrons. The van der Waals surface area contributed by atoms with Gasteiger partial charge < -0.3 is 19.5 Å². The van der Waals surface area contributed by atoms with Crippen LogP contribution in [0.25, 0.3) is 0 Å². The van der Waals surface area contributed by atoms with Crippen LogP contribution in [-0.4, -0.2) is 53.1 Å². The standard InChI is InChI=1S/C16H24N4O3/c1-11-16-18-13(7-14(21)17-8-12-3-4-12)9-19(16)5-6-20(11)15(22)10-23-2/h9,11-12H,3-8,10H2,1-2H3,(H,17,21)/t11-/m0/s1. The number of carbonyl (C=O) groups is 2. The fourth-order valence-electron chi connectivity index (χ4n) is 2.99. The van der Waals surface area contributed by atoms with Gasteiger partial charge in [-0.2, -0.15) is 0 Å². The minimum atomic E-state index is -0.102. The van der Waals surface area contributed by atoms with E-state index < -0.39 is 0 Å². The highest BCUT2D eigenvalue weighted by Crippen LogP contribution is 2.27. The Labute approximate surface area is 136 Å². The number of amides is 2. The number of nitrogens with zero attached hydrogens (tertiary/aromatic N) is 3. The SMILES string of the molecule is COCC(=O)N1CCn2cc(CC(=O)NCC3CC3)nc2[C@@H]1C. The van der Waals surface area contributed by atoms with Gasteiger partial charge in [0.2, 0.25) is 11.8 Å². The second-order valence-electron chi connectivity index (χ2n) is 6.40. The zero-order chi connectivity index (χ0) is 16.4. The lowest BCUT2D eigenvalue weighted by Gasteiger charge is -2.33. The van der Waals surface area contributed by atoms with E-state index in [1.807, 2.05) is 17.7 Å². The molecule has 2 amide bonds. The predicted molar refractivity (Wildman–Crippen MR) is 83.7 cm³/mol. The molecule has 0 saturated heterocycles. The van der Waals surface area contributed by atoms with Gasteiger partial charge in [-0.05, 0) is 25.7 Å². The normalized spacial score (nSPS) is 20.3. The fourth-order valence-corrected chi connectivity index (χ4v) is 2.99. The van der Waals surface area contributed by atoms with E-state index in [4.69, 9.17) is 4.74 Å². The van der Waals surface area contributed by atoms with Crippen LogP contribution in [0.15, 0.2) is 6.20 Å². The number of carbonyl (C=O) groups excluding carboxylic acids is 2. The van der Waals surface area contributed by atoms with E-state index in [1.165, 1.54) is 20.0 Å². The van der Waals surface area contributed by atoms with Gasteiger partial charge in [-0.3, -0.25) is 9.59 Å². The average Bonchev–Trinajstić information content (AvgIpc) is 3.25. The molecule has 2 heterocycles. The Morgan fingerprint density at radius 1 is 1.39 bits per heavy atom. The van der Waals surface area contributed by atoms with Gasteiger partial charge in [0.1, 0.15) is 12.4 Å². The quantitative estimate of drug-likeness (QED) is 0.828. The van der Waals surface area contributed by atoms with Gasteiger partial charge in [-0.15, -0.1) is 0 Å². The molecule has 0 bridgehead atoms. The van der Waals surface area contributed by atoms with Crippen LogP contribution < -0.4 is 5.32 Å². The maximum atomic E-state index is 12.1. The molecule has 1 aromatic rings. The van der Waals surface area contributed by atoms with Crippen molar-refractivity contribution in [3.8, 4) is 0 Å². The van der Waals surface area contributed by atoms with Crippen LogP contribution >= 0.6 is 0 Å². The second kappa shape index (κ2) is 6.70. The Morgan fingerprint density at radius 3 is 2.87 bits per heavy atom. The van der Waals surface area contributed by atoms with Gasteiger partial charge in [-0.25, -0.2) is 4.98 Å². The summed E-state index contributed by atoms with van der Waals surface area (Å²) in [6.45, 7) is 4.16. The molecule has 1 atom stereocenters. The Morgan fingerprint density at radius 2 is 2.17 bits per heavy atom. The summed E-state index contributed by atoms with van der Waals surface area (Å²) in [6.07, 6.45) is 4.68. The second-order valence-corrected chi connectivity index (χ2v) is 6.40. The Bertz CT molecular complexity index is 594. The molecule has 7 heteroatoms. The maximum absolute atomic E-state index is 12.1. The molecule has 0 spiro atoms. The number of hydrogen-bond acceptors (Lipinski definition) is 4. The van der Waals surface area contributed by atoms with Gasteiger partial charge in [0.15, 0.2) is 0 Å². The van der Waals surface area contributed by atoms with Crippen molar-refractivity contribution >= 4 is 11.8 Å². The molecular formula is C16H24N4O3. The Balaban J connectivity index is 1.62. The summed E-state index contributed by atoms with van der Waals surface area (Å²) >= 11 is 0. The third kappa shape index (κ3) is 3.72. The lowest BCUT2D eigenvalue weighted by molar-refractivity contribution is -0.138. The topological polar surface area (TPSA) is 76.5 Å². The van der Waals surface area contributed by atoms with E-state index in [1.54, 1.807) is 4.90 Å². The Hall–Kier alpha value is -1.89. The molecule has 1 fully saturated rings. The van der Waals surface area contributed by atoms with Crippen molar-refractivity contribution in [3.05, 3.63) is 17.7 Å². The van der Waals surface area contributed by atoms with Crippen molar-refractivity contribution in [2.45, 2.75) is 38.8 Å². The molecule has 2 aliphatic rings. The largest absolute Gasteiger partial charge is 0.375 e. The zero-order valence-corrected chi connectivity index (χ0v) is 13.7. The number of imidazole rings is 1. The van der Waals surface area contributed by atoms with Crippen molar-refractivity contribution in [3.63, 3.8) is 0 Å². The highest BCUT2D eigenvalue weighted by Gasteiger charge is 2.29. The third-order valence-electron chi connectivity index (χ3n) is 4.49. The number of nitrogens with one attached hydrogen (secondary N) is 1. The van der Waals surface area contributed by atoms with Crippen LogP contribution in [0.5, 0.6) is 0 Å². The first-order valence-corrected chi connectivity index (χ1v) is 8.19. The number of aromatic nitrogens is 2. The summed E-state index contributed by atoms with van der Waals surface area (Å²) in [4.78, 5) is 30.4. The highest BCUT2D eigenvalue weighted by atomic mass is 16.5. The van der Waals surface area contributed by atoms with Gasteiger partial charge in [0.05, 0.1) is 18.2 Å². The molecule has 7 nitrogen and oxygen atoms in total. The van der Waals surface area contributed by atoms with E-state index in [9.17, 15) is 9.59 Å². The molecule has 0 unspecified atom stereocenters. The summed E-state index contributed by atoms with van der Waals surface area (Å²) in [5, 5.41) is 2.96. The number of methoxy groups -OCH3 is 1. The minimum absolute atomic E-state index is 0.0207. The van der Waals surface area contributed by atoms with Crippen LogP contribution in [0.1, 0.15) is 37.3 Å². The summed E-state index contributed by atoms with van der Waals surface area (Å²) < 4.78 is 6.98. The van der Waals surface area contributed by atoms with Crippen molar-refractivity contribution in [2.75, 3.05) is 26.8 Å². The summed E-state index contributed by atoms with van der Waals surface area (Å²) in [5.74, 6) is 1.51. The number of hydrogen-bond donors (Lipinski definition) is 1. The molecule has 0 aromatic carbocycles. The van der Waals surface area contributed by atoms with E-state index in [0.717, 1.165) is 18.1 Å². The third-order valence-corrected chi connectivity index (χ3v) is 4.49. The molecule has 1 aliphatic heterocycles. The summed E-state index contributed by atoms with van der Waals surface area (Å²) in [7, 11) is 1.52. The van der Waals surface area contributed by atoms with Gasteiger partial charge in [0, 0.05) is 32.9 Å². The molecule has 23 heavy (non-hydrogen) atoms. The fraction of sp³-hybridized carbons (Fsp3) is 0.688. The summed E-state index contributed by atoms with van der Waals surface area (Å²) in [6, 6.07) is -0.102. The molecule has 0 radical (unpaired) electrons. The first-order valence-electron chi connectivity index (χ1n) is 8.19. The van der Waals surface area contributed by atoms with E-state index in [2.05, 4.69) is 10.3 Å². The zero-order valence-electron chi connectivity index (χ0n) is 13.7. The predicted octanol–water partition coefficient (Wildman–Crippen LogP) is 0.501. The monoisotopic (exact) mass is 320 g/mol. The van der Waals surface area contributed by atoms with Crippen LogP contribution in [0.2, 0.25) is 0 Å². The molecule has 1 aliphatic carbocycles. The first kappa shape index (κ1) is 16.0. The smallest absolute Gasteiger partial charge is 0.249 e. The summed E-state index contributed by atoms with van der Waals surface area (Å²) in [5.41, 5.74) is 0.765.